The van der Waals surface area contributed by atoms with Crippen molar-refractivity contribution < 1.29 is 14.7 Å². The summed E-state index contributed by atoms with van der Waals surface area (Å²) in [6.07, 6.45) is 2.72. The maximum Gasteiger partial charge on any atom is 0.328 e. The normalized spacial score (nSPS) is 12.6. The second kappa shape index (κ2) is 8.21. The standard InChI is InChI=1S/C16H22N2O3/c1-12(16(21)17-2)10-18(3)11-14-7-5-4-6-13(14)8-9-15(19)20/h4-9,12H,10-11H2,1-3H3,(H,17,21)(H,19,20)/b9-8+. The molecular formula is C16H22N2O3. The highest BCUT2D eigenvalue weighted by Crippen LogP contribution is 2.13. The van der Waals surface area contributed by atoms with Crippen molar-refractivity contribution in [2.24, 2.45) is 5.92 Å². The predicted octanol–water partition coefficient (Wildman–Crippen LogP) is 1.60. The highest BCUT2D eigenvalue weighted by molar-refractivity contribution is 5.85. The smallest absolute Gasteiger partial charge is 0.328 e. The highest BCUT2D eigenvalue weighted by atomic mass is 16.4. The van der Waals surface area contributed by atoms with E-state index in [-0.39, 0.29) is 11.8 Å². The van der Waals surface area contributed by atoms with Gasteiger partial charge in [-0.15, -0.1) is 0 Å². The van der Waals surface area contributed by atoms with Gasteiger partial charge in [0, 0.05) is 32.1 Å². The van der Waals surface area contributed by atoms with Crippen LogP contribution in [0.2, 0.25) is 0 Å². The molecule has 1 unspecified atom stereocenters. The summed E-state index contributed by atoms with van der Waals surface area (Å²) in [5, 5.41) is 11.3. The van der Waals surface area contributed by atoms with Crippen molar-refractivity contribution in [3.63, 3.8) is 0 Å². The van der Waals surface area contributed by atoms with E-state index in [1.807, 2.05) is 43.1 Å². The average Bonchev–Trinajstić information content (AvgIpc) is 2.45. The number of nitrogens with one attached hydrogen (secondary N) is 1. The van der Waals surface area contributed by atoms with Crippen LogP contribution in [-0.4, -0.2) is 42.5 Å². The first-order chi connectivity index (χ1) is 9.93. The average molecular weight is 290 g/mol. The fourth-order valence-corrected chi connectivity index (χ4v) is 2.15. The van der Waals surface area contributed by atoms with Gasteiger partial charge in [-0.05, 0) is 24.3 Å². The van der Waals surface area contributed by atoms with Crippen molar-refractivity contribution in [2.45, 2.75) is 13.5 Å². The lowest BCUT2D eigenvalue weighted by molar-refractivity contribution is -0.131. The van der Waals surface area contributed by atoms with Crippen LogP contribution in [0.25, 0.3) is 6.08 Å². The van der Waals surface area contributed by atoms with Crippen molar-refractivity contribution in [3.8, 4) is 0 Å². The molecule has 1 amide bonds. The molecule has 0 spiro atoms. The first-order valence-electron chi connectivity index (χ1n) is 6.83. The van der Waals surface area contributed by atoms with E-state index in [0.717, 1.165) is 17.2 Å². The largest absolute Gasteiger partial charge is 0.478 e. The summed E-state index contributed by atoms with van der Waals surface area (Å²) >= 11 is 0. The van der Waals surface area contributed by atoms with E-state index < -0.39 is 5.97 Å². The summed E-state index contributed by atoms with van der Waals surface area (Å²) in [5.74, 6) is -1.05. The summed E-state index contributed by atoms with van der Waals surface area (Å²) in [4.78, 5) is 24.2. The molecule has 0 fully saturated rings. The molecular weight excluding hydrogens is 268 g/mol. The number of amides is 1. The number of hydrogen-bond donors (Lipinski definition) is 2. The van der Waals surface area contributed by atoms with Gasteiger partial charge in [-0.1, -0.05) is 31.2 Å². The van der Waals surface area contributed by atoms with Crippen molar-refractivity contribution in [1.29, 1.82) is 0 Å². The van der Waals surface area contributed by atoms with E-state index in [1.165, 1.54) is 0 Å². The monoisotopic (exact) mass is 290 g/mol. The molecule has 0 heterocycles. The Labute approximate surface area is 125 Å². The number of nitrogens with zero attached hydrogens (tertiary/aromatic N) is 1. The van der Waals surface area contributed by atoms with E-state index in [9.17, 15) is 9.59 Å². The SMILES string of the molecule is CNC(=O)C(C)CN(C)Cc1ccccc1/C=C/C(=O)O. The topological polar surface area (TPSA) is 69.6 Å². The van der Waals surface area contributed by atoms with Gasteiger partial charge in [-0.2, -0.15) is 0 Å². The highest BCUT2D eigenvalue weighted by Gasteiger charge is 2.14. The maximum atomic E-state index is 11.5. The second-order valence-corrected chi connectivity index (χ2v) is 5.08. The molecule has 1 atom stereocenters. The minimum absolute atomic E-state index is 0.0147. The van der Waals surface area contributed by atoms with Crippen molar-refractivity contribution in [1.82, 2.24) is 10.2 Å². The minimum atomic E-state index is -0.966. The molecule has 21 heavy (non-hydrogen) atoms. The Morgan fingerprint density at radius 3 is 2.67 bits per heavy atom. The van der Waals surface area contributed by atoms with Gasteiger partial charge in [0.1, 0.15) is 0 Å². The van der Waals surface area contributed by atoms with Crippen LogP contribution >= 0.6 is 0 Å². The zero-order valence-corrected chi connectivity index (χ0v) is 12.7. The Balaban J connectivity index is 2.74. The van der Waals surface area contributed by atoms with Gasteiger partial charge in [0.05, 0.1) is 0 Å². The van der Waals surface area contributed by atoms with Gasteiger partial charge < -0.3 is 15.3 Å². The van der Waals surface area contributed by atoms with E-state index in [0.29, 0.717) is 13.1 Å². The fraction of sp³-hybridized carbons (Fsp3) is 0.375. The number of carbonyl (C=O) groups is 2. The van der Waals surface area contributed by atoms with Gasteiger partial charge in [0.25, 0.3) is 0 Å². The Morgan fingerprint density at radius 2 is 2.05 bits per heavy atom. The Morgan fingerprint density at radius 1 is 1.38 bits per heavy atom. The second-order valence-electron chi connectivity index (χ2n) is 5.08. The summed E-state index contributed by atoms with van der Waals surface area (Å²) < 4.78 is 0. The molecule has 0 aliphatic heterocycles. The van der Waals surface area contributed by atoms with Crippen molar-refractivity contribution in [3.05, 3.63) is 41.5 Å². The molecule has 114 valence electrons. The fourth-order valence-electron chi connectivity index (χ4n) is 2.15. The number of aliphatic carboxylic acids is 1. The van der Waals surface area contributed by atoms with Crippen LogP contribution in [0.5, 0.6) is 0 Å². The number of rotatable bonds is 7. The summed E-state index contributed by atoms with van der Waals surface area (Å²) in [5.41, 5.74) is 1.90. The number of hydrogen-bond acceptors (Lipinski definition) is 3. The molecule has 0 saturated heterocycles. The molecule has 0 aliphatic carbocycles. The van der Waals surface area contributed by atoms with E-state index >= 15 is 0 Å². The molecule has 0 aromatic heterocycles. The quantitative estimate of drug-likeness (QED) is 0.748. The van der Waals surface area contributed by atoms with Crippen LogP contribution in [0.1, 0.15) is 18.1 Å². The number of carboxylic acid groups (broad SMARTS) is 1. The Hall–Kier alpha value is -2.14. The Kier molecular flexibility index (Phi) is 6.62. The van der Waals surface area contributed by atoms with Crippen LogP contribution in [-0.2, 0) is 16.1 Å². The first-order valence-corrected chi connectivity index (χ1v) is 6.83. The number of benzene rings is 1. The lowest BCUT2D eigenvalue weighted by Crippen LogP contribution is -2.34. The van der Waals surface area contributed by atoms with Crippen LogP contribution in [0.15, 0.2) is 30.3 Å². The third kappa shape index (κ3) is 5.79. The lowest BCUT2D eigenvalue weighted by atomic mass is 10.1. The summed E-state index contributed by atoms with van der Waals surface area (Å²) in [6, 6.07) is 7.63. The molecule has 0 radical (unpaired) electrons. The van der Waals surface area contributed by atoms with Crippen LogP contribution in [0, 0.1) is 5.92 Å². The molecule has 1 rings (SSSR count). The van der Waals surface area contributed by atoms with Crippen LogP contribution in [0.3, 0.4) is 0 Å². The number of carbonyl (C=O) groups excluding carboxylic acids is 1. The molecule has 1 aromatic rings. The third-order valence-electron chi connectivity index (χ3n) is 3.18. The summed E-state index contributed by atoms with van der Waals surface area (Å²) in [6.45, 7) is 3.17. The third-order valence-corrected chi connectivity index (χ3v) is 3.18. The van der Waals surface area contributed by atoms with Gasteiger partial charge in [0.2, 0.25) is 5.91 Å². The van der Waals surface area contributed by atoms with Crippen LogP contribution in [0.4, 0.5) is 0 Å². The van der Waals surface area contributed by atoms with Gasteiger partial charge in [0.15, 0.2) is 0 Å². The van der Waals surface area contributed by atoms with E-state index in [4.69, 9.17) is 5.11 Å². The molecule has 5 heteroatoms. The molecule has 0 aliphatic rings. The molecule has 1 aromatic carbocycles. The van der Waals surface area contributed by atoms with Crippen molar-refractivity contribution in [2.75, 3.05) is 20.6 Å². The lowest BCUT2D eigenvalue weighted by Gasteiger charge is -2.21. The molecule has 0 bridgehead atoms. The first kappa shape index (κ1) is 16.9. The molecule has 0 saturated carbocycles. The zero-order chi connectivity index (χ0) is 15.8. The maximum absolute atomic E-state index is 11.5. The molecule has 5 nitrogen and oxygen atoms in total. The van der Waals surface area contributed by atoms with Gasteiger partial charge in [-0.3, -0.25) is 4.79 Å². The number of carboxylic acids is 1. The van der Waals surface area contributed by atoms with Crippen molar-refractivity contribution >= 4 is 18.0 Å². The predicted molar refractivity (Wildman–Crippen MR) is 82.7 cm³/mol. The summed E-state index contributed by atoms with van der Waals surface area (Å²) in [7, 11) is 3.57. The zero-order valence-electron chi connectivity index (χ0n) is 12.7. The molecule has 2 N–H and O–H groups in total. The van der Waals surface area contributed by atoms with Crippen LogP contribution < -0.4 is 5.32 Å². The van der Waals surface area contributed by atoms with E-state index in [1.54, 1.807) is 13.1 Å². The van der Waals surface area contributed by atoms with E-state index in [2.05, 4.69) is 5.32 Å². The van der Waals surface area contributed by atoms with Gasteiger partial charge in [-0.25, -0.2) is 4.79 Å². The minimum Gasteiger partial charge on any atom is -0.478 e. The Bertz CT molecular complexity index is 526. The van der Waals surface area contributed by atoms with Gasteiger partial charge >= 0.3 is 5.97 Å².